The number of nitrogens with zero attached hydrogens (tertiary/aromatic N) is 5. The standard InChI is InChI=1S/C13H17N5O3/c1-3-9(6-12(19)20)8-18-13(15-16-17-18)10-4-5-14-7-11(10)21-2/h4-5,7,9H,3,6,8H2,1-2H3,(H,19,20). The van der Waals surface area contributed by atoms with Gasteiger partial charge in [-0.1, -0.05) is 13.3 Å². The van der Waals surface area contributed by atoms with Gasteiger partial charge in [-0.15, -0.1) is 5.10 Å². The normalized spacial score (nSPS) is 12.1. The number of ether oxygens (including phenoxy) is 1. The minimum absolute atomic E-state index is 0.0300. The Labute approximate surface area is 121 Å². The molecule has 8 nitrogen and oxygen atoms in total. The van der Waals surface area contributed by atoms with Gasteiger partial charge in [0.2, 0.25) is 0 Å². The molecular weight excluding hydrogens is 274 g/mol. The van der Waals surface area contributed by atoms with Crippen molar-refractivity contribution < 1.29 is 14.6 Å². The molecule has 8 heteroatoms. The van der Waals surface area contributed by atoms with Crippen LogP contribution in [0.3, 0.4) is 0 Å². The van der Waals surface area contributed by atoms with Gasteiger partial charge in [-0.3, -0.25) is 9.78 Å². The summed E-state index contributed by atoms with van der Waals surface area (Å²) >= 11 is 0. The number of rotatable bonds is 7. The third-order valence-corrected chi connectivity index (χ3v) is 3.25. The van der Waals surface area contributed by atoms with Crippen LogP contribution < -0.4 is 4.74 Å². The zero-order chi connectivity index (χ0) is 15.2. The van der Waals surface area contributed by atoms with E-state index >= 15 is 0 Å². The average Bonchev–Trinajstić information content (AvgIpc) is 2.94. The maximum atomic E-state index is 10.9. The van der Waals surface area contributed by atoms with E-state index in [1.807, 2.05) is 6.92 Å². The number of carboxylic acids is 1. The molecule has 0 amide bonds. The molecule has 1 atom stereocenters. The number of carboxylic acid groups (broad SMARTS) is 1. The molecule has 0 aromatic carbocycles. The van der Waals surface area contributed by atoms with Crippen LogP contribution in [-0.4, -0.2) is 43.4 Å². The first-order valence-electron chi connectivity index (χ1n) is 6.62. The first kappa shape index (κ1) is 14.9. The SMILES string of the molecule is CCC(CC(=O)O)Cn1nnnc1-c1ccncc1OC. The van der Waals surface area contributed by atoms with Crippen LogP contribution in [0.25, 0.3) is 11.4 Å². The number of pyridine rings is 1. The molecule has 0 bridgehead atoms. The summed E-state index contributed by atoms with van der Waals surface area (Å²) < 4.78 is 6.86. The second-order valence-corrected chi connectivity index (χ2v) is 4.63. The summed E-state index contributed by atoms with van der Waals surface area (Å²) in [6.45, 7) is 2.39. The largest absolute Gasteiger partial charge is 0.494 e. The second-order valence-electron chi connectivity index (χ2n) is 4.63. The van der Waals surface area contributed by atoms with Gasteiger partial charge in [0.05, 0.1) is 18.9 Å². The van der Waals surface area contributed by atoms with Gasteiger partial charge in [-0.25, -0.2) is 4.68 Å². The fourth-order valence-corrected chi connectivity index (χ4v) is 2.08. The van der Waals surface area contributed by atoms with E-state index in [0.29, 0.717) is 18.1 Å². The van der Waals surface area contributed by atoms with Crippen LogP contribution in [-0.2, 0) is 11.3 Å². The molecule has 0 saturated carbocycles. The Kier molecular flexibility index (Phi) is 4.81. The van der Waals surface area contributed by atoms with Crippen molar-refractivity contribution in [2.75, 3.05) is 7.11 Å². The number of carbonyl (C=O) groups is 1. The molecule has 0 aliphatic heterocycles. The van der Waals surface area contributed by atoms with Crippen molar-refractivity contribution in [3.05, 3.63) is 18.5 Å². The van der Waals surface area contributed by atoms with Gasteiger partial charge in [-0.2, -0.15) is 0 Å². The Bertz CT molecular complexity index is 613. The molecular formula is C13H17N5O3. The van der Waals surface area contributed by atoms with Crippen molar-refractivity contribution in [2.45, 2.75) is 26.3 Å². The van der Waals surface area contributed by atoms with Gasteiger partial charge in [0.1, 0.15) is 5.75 Å². The number of tetrazole rings is 1. The summed E-state index contributed by atoms with van der Waals surface area (Å²) in [6.07, 6.45) is 4.04. The first-order valence-corrected chi connectivity index (χ1v) is 6.62. The Morgan fingerprint density at radius 2 is 2.33 bits per heavy atom. The smallest absolute Gasteiger partial charge is 0.303 e. The highest BCUT2D eigenvalue weighted by molar-refractivity contribution is 5.67. The summed E-state index contributed by atoms with van der Waals surface area (Å²) in [5.41, 5.74) is 0.725. The van der Waals surface area contributed by atoms with Crippen LogP contribution in [0.4, 0.5) is 0 Å². The molecule has 1 unspecified atom stereocenters. The van der Waals surface area contributed by atoms with Crippen LogP contribution in [0, 0.1) is 5.92 Å². The summed E-state index contributed by atoms with van der Waals surface area (Å²) in [4.78, 5) is 14.9. The van der Waals surface area contributed by atoms with Crippen LogP contribution >= 0.6 is 0 Å². The Morgan fingerprint density at radius 3 is 3.00 bits per heavy atom. The van der Waals surface area contributed by atoms with E-state index < -0.39 is 5.97 Å². The molecule has 0 radical (unpaired) electrons. The van der Waals surface area contributed by atoms with Crippen molar-refractivity contribution in [3.63, 3.8) is 0 Å². The predicted molar refractivity (Wildman–Crippen MR) is 73.6 cm³/mol. The Morgan fingerprint density at radius 1 is 1.52 bits per heavy atom. The van der Waals surface area contributed by atoms with E-state index in [-0.39, 0.29) is 12.3 Å². The lowest BCUT2D eigenvalue weighted by Gasteiger charge is -2.13. The summed E-state index contributed by atoms with van der Waals surface area (Å²) in [5.74, 6) is 0.258. The van der Waals surface area contributed by atoms with Crippen molar-refractivity contribution in [1.29, 1.82) is 0 Å². The lowest BCUT2D eigenvalue weighted by Crippen LogP contribution is -2.16. The molecule has 1 N–H and O–H groups in total. The maximum Gasteiger partial charge on any atom is 0.303 e. The topological polar surface area (TPSA) is 103 Å². The van der Waals surface area contributed by atoms with E-state index in [0.717, 1.165) is 12.0 Å². The maximum absolute atomic E-state index is 10.9. The summed E-state index contributed by atoms with van der Waals surface area (Å²) in [6, 6.07) is 1.76. The van der Waals surface area contributed by atoms with Crippen molar-refractivity contribution >= 4 is 5.97 Å². The van der Waals surface area contributed by atoms with Gasteiger partial charge < -0.3 is 9.84 Å². The fraction of sp³-hybridized carbons (Fsp3) is 0.462. The Balaban J connectivity index is 2.28. The number of methoxy groups -OCH3 is 1. The molecule has 21 heavy (non-hydrogen) atoms. The molecule has 0 saturated heterocycles. The van der Waals surface area contributed by atoms with Gasteiger partial charge in [-0.05, 0) is 22.4 Å². The predicted octanol–water partition coefficient (Wildman–Crippen LogP) is 1.24. The van der Waals surface area contributed by atoms with Crippen molar-refractivity contribution in [1.82, 2.24) is 25.2 Å². The summed E-state index contributed by atoms with van der Waals surface area (Å²) in [5, 5.41) is 20.6. The minimum Gasteiger partial charge on any atom is -0.494 e. The highest BCUT2D eigenvalue weighted by atomic mass is 16.5. The number of aromatic nitrogens is 5. The average molecular weight is 291 g/mol. The third-order valence-electron chi connectivity index (χ3n) is 3.25. The minimum atomic E-state index is -0.821. The van der Waals surface area contributed by atoms with Crippen LogP contribution in [0.5, 0.6) is 5.75 Å². The Hall–Kier alpha value is -2.51. The molecule has 0 fully saturated rings. The zero-order valence-corrected chi connectivity index (χ0v) is 11.9. The second kappa shape index (κ2) is 6.78. The molecule has 2 rings (SSSR count). The molecule has 112 valence electrons. The molecule has 0 aliphatic rings. The van der Waals surface area contributed by atoms with Crippen molar-refractivity contribution in [3.8, 4) is 17.1 Å². The first-order chi connectivity index (χ1) is 10.2. The molecule has 0 spiro atoms. The lowest BCUT2D eigenvalue weighted by atomic mass is 10.0. The lowest BCUT2D eigenvalue weighted by molar-refractivity contribution is -0.138. The van der Waals surface area contributed by atoms with E-state index in [9.17, 15) is 4.79 Å². The van der Waals surface area contributed by atoms with Crippen LogP contribution in [0.2, 0.25) is 0 Å². The third kappa shape index (κ3) is 3.53. The summed E-state index contributed by atoms with van der Waals surface area (Å²) in [7, 11) is 1.55. The van der Waals surface area contributed by atoms with E-state index in [2.05, 4.69) is 20.5 Å². The highest BCUT2D eigenvalue weighted by Gasteiger charge is 2.18. The molecule has 2 heterocycles. The van der Waals surface area contributed by atoms with E-state index in [1.165, 1.54) is 0 Å². The highest BCUT2D eigenvalue weighted by Crippen LogP contribution is 2.27. The number of aliphatic carboxylic acids is 1. The molecule has 2 aromatic heterocycles. The van der Waals surface area contributed by atoms with Crippen molar-refractivity contribution in [2.24, 2.45) is 5.92 Å². The molecule has 0 aliphatic carbocycles. The number of hydrogen-bond donors (Lipinski definition) is 1. The monoisotopic (exact) mass is 291 g/mol. The fourth-order valence-electron chi connectivity index (χ4n) is 2.08. The number of hydrogen-bond acceptors (Lipinski definition) is 6. The zero-order valence-electron chi connectivity index (χ0n) is 11.9. The van der Waals surface area contributed by atoms with Gasteiger partial charge in [0.15, 0.2) is 5.82 Å². The van der Waals surface area contributed by atoms with E-state index in [1.54, 1.807) is 30.3 Å². The quantitative estimate of drug-likeness (QED) is 0.818. The van der Waals surface area contributed by atoms with Gasteiger partial charge >= 0.3 is 5.97 Å². The van der Waals surface area contributed by atoms with Gasteiger partial charge in [0, 0.05) is 19.2 Å². The van der Waals surface area contributed by atoms with Gasteiger partial charge in [0.25, 0.3) is 0 Å². The van der Waals surface area contributed by atoms with Crippen LogP contribution in [0.1, 0.15) is 19.8 Å². The van der Waals surface area contributed by atoms with Crippen LogP contribution in [0.15, 0.2) is 18.5 Å². The van der Waals surface area contributed by atoms with E-state index in [4.69, 9.17) is 9.84 Å². The molecule has 2 aromatic rings.